The highest BCUT2D eigenvalue weighted by Gasteiger charge is 2.51. The Morgan fingerprint density at radius 3 is 2.55 bits per heavy atom. The number of benzene rings is 1. The molecule has 2 aliphatic rings. The highest BCUT2D eigenvalue weighted by atomic mass is 16.2. The zero-order chi connectivity index (χ0) is 14.4. The Kier molecular flexibility index (Phi) is 3.13. The molecule has 1 aromatic rings. The molecule has 0 saturated heterocycles. The molecule has 3 heteroatoms. The summed E-state index contributed by atoms with van der Waals surface area (Å²) in [5, 5.41) is 3.06. The molecule has 1 amide bonds. The monoisotopic (exact) mass is 272 g/mol. The van der Waals surface area contributed by atoms with E-state index in [1.165, 1.54) is 5.56 Å². The van der Waals surface area contributed by atoms with Crippen LogP contribution in [0.4, 0.5) is 0 Å². The van der Waals surface area contributed by atoms with E-state index in [0.717, 1.165) is 37.7 Å². The summed E-state index contributed by atoms with van der Waals surface area (Å²) >= 11 is 0. The number of nitrogens with two attached hydrogens (primary N) is 1. The molecule has 2 aliphatic carbocycles. The highest BCUT2D eigenvalue weighted by Crippen LogP contribution is 2.49. The van der Waals surface area contributed by atoms with Crippen LogP contribution in [0.3, 0.4) is 0 Å². The van der Waals surface area contributed by atoms with E-state index in [2.05, 4.69) is 29.6 Å². The smallest absolute Gasteiger partial charge is 0.230 e. The molecule has 2 fully saturated rings. The maximum atomic E-state index is 12.4. The third-order valence-electron chi connectivity index (χ3n) is 4.53. The fourth-order valence-corrected chi connectivity index (χ4v) is 2.89. The lowest BCUT2D eigenvalue weighted by Crippen LogP contribution is -2.38. The van der Waals surface area contributed by atoms with Crippen LogP contribution in [0.15, 0.2) is 24.3 Å². The van der Waals surface area contributed by atoms with Gasteiger partial charge in [0.25, 0.3) is 0 Å². The second kappa shape index (κ2) is 4.59. The second-order valence-electron chi connectivity index (χ2n) is 6.95. The maximum absolute atomic E-state index is 12.4. The topological polar surface area (TPSA) is 55.1 Å². The van der Waals surface area contributed by atoms with Crippen LogP contribution in [-0.2, 0) is 16.6 Å². The van der Waals surface area contributed by atoms with Crippen molar-refractivity contribution in [1.82, 2.24) is 5.32 Å². The molecule has 0 unspecified atom stereocenters. The van der Waals surface area contributed by atoms with Crippen LogP contribution in [0, 0.1) is 0 Å². The van der Waals surface area contributed by atoms with E-state index in [-0.39, 0.29) is 22.9 Å². The van der Waals surface area contributed by atoms with Crippen LogP contribution in [0.2, 0.25) is 0 Å². The van der Waals surface area contributed by atoms with Gasteiger partial charge in [-0.1, -0.05) is 24.3 Å². The minimum atomic E-state index is -0.272. The van der Waals surface area contributed by atoms with Crippen LogP contribution < -0.4 is 11.1 Å². The number of carbonyl (C=O) groups excluding carboxylic acids is 1. The number of rotatable bonds is 5. The SMILES string of the molecule is CC(C)NC(=O)C1(c2cccc(CC3(N)CC3)c2)CC1. The molecule has 3 N–H and O–H groups in total. The molecule has 2 saturated carbocycles. The minimum absolute atomic E-state index is 0.0233. The van der Waals surface area contributed by atoms with Crippen molar-refractivity contribution < 1.29 is 4.79 Å². The van der Waals surface area contributed by atoms with Gasteiger partial charge in [-0.15, -0.1) is 0 Å². The van der Waals surface area contributed by atoms with E-state index in [0.29, 0.717) is 0 Å². The molecule has 0 aromatic heterocycles. The van der Waals surface area contributed by atoms with E-state index >= 15 is 0 Å². The predicted molar refractivity (Wildman–Crippen MR) is 80.5 cm³/mol. The first-order chi connectivity index (χ1) is 9.43. The van der Waals surface area contributed by atoms with Crippen molar-refractivity contribution >= 4 is 5.91 Å². The van der Waals surface area contributed by atoms with Gasteiger partial charge in [0.2, 0.25) is 5.91 Å². The Morgan fingerprint density at radius 1 is 1.30 bits per heavy atom. The Bertz CT molecular complexity index is 528. The molecule has 0 radical (unpaired) electrons. The highest BCUT2D eigenvalue weighted by molar-refractivity contribution is 5.91. The number of hydrogen-bond donors (Lipinski definition) is 2. The first-order valence-corrected chi connectivity index (χ1v) is 7.63. The molecule has 20 heavy (non-hydrogen) atoms. The van der Waals surface area contributed by atoms with Crippen molar-refractivity contribution in [3.8, 4) is 0 Å². The average Bonchev–Trinajstić information content (AvgIpc) is 3.26. The molecular weight excluding hydrogens is 248 g/mol. The lowest BCUT2D eigenvalue weighted by atomic mass is 9.91. The summed E-state index contributed by atoms with van der Waals surface area (Å²) in [4.78, 5) is 12.4. The van der Waals surface area contributed by atoms with Gasteiger partial charge in [0, 0.05) is 11.6 Å². The van der Waals surface area contributed by atoms with E-state index < -0.39 is 0 Å². The molecule has 0 aliphatic heterocycles. The third kappa shape index (κ3) is 2.59. The lowest BCUT2D eigenvalue weighted by molar-refractivity contribution is -0.124. The standard InChI is InChI=1S/C17H24N2O/c1-12(2)19-15(20)17(8-9-17)14-5-3-4-13(10-14)11-16(18)6-7-16/h3-5,10,12H,6-9,11,18H2,1-2H3,(H,19,20). The minimum Gasteiger partial charge on any atom is -0.353 e. The summed E-state index contributed by atoms with van der Waals surface area (Å²) in [6, 6.07) is 8.68. The van der Waals surface area contributed by atoms with E-state index in [9.17, 15) is 4.79 Å². The van der Waals surface area contributed by atoms with Crippen molar-refractivity contribution in [2.24, 2.45) is 5.73 Å². The van der Waals surface area contributed by atoms with Gasteiger partial charge < -0.3 is 11.1 Å². The van der Waals surface area contributed by atoms with Crippen LogP contribution in [0.5, 0.6) is 0 Å². The van der Waals surface area contributed by atoms with Gasteiger partial charge in [0.05, 0.1) is 5.41 Å². The molecule has 0 heterocycles. The summed E-state index contributed by atoms with van der Waals surface area (Å²) in [5.41, 5.74) is 8.38. The Hall–Kier alpha value is -1.35. The molecule has 1 aromatic carbocycles. The van der Waals surface area contributed by atoms with Gasteiger partial charge in [-0.2, -0.15) is 0 Å². The van der Waals surface area contributed by atoms with Crippen LogP contribution in [0.25, 0.3) is 0 Å². The van der Waals surface area contributed by atoms with Gasteiger partial charge in [-0.3, -0.25) is 4.79 Å². The molecule has 108 valence electrons. The lowest BCUT2D eigenvalue weighted by Gasteiger charge is -2.19. The van der Waals surface area contributed by atoms with Gasteiger partial charge in [0.15, 0.2) is 0 Å². The molecular formula is C17H24N2O. The van der Waals surface area contributed by atoms with Crippen molar-refractivity contribution in [3.05, 3.63) is 35.4 Å². The quantitative estimate of drug-likeness (QED) is 0.864. The predicted octanol–water partition coefficient (Wildman–Crippen LogP) is 2.28. The van der Waals surface area contributed by atoms with Crippen molar-refractivity contribution in [2.45, 2.75) is 62.9 Å². The van der Waals surface area contributed by atoms with E-state index in [1.54, 1.807) is 0 Å². The number of nitrogens with one attached hydrogen (secondary N) is 1. The Labute approximate surface area is 120 Å². The van der Waals surface area contributed by atoms with Crippen molar-refractivity contribution in [2.75, 3.05) is 0 Å². The summed E-state index contributed by atoms with van der Waals surface area (Å²) in [6.45, 7) is 4.02. The summed E-state index contributed by atoms with van der Waals surface area (Å²) < 4.78 is 0. The van der Waals surface area contributed by atoms with E-state index in [1.807, 2.05) is 13.8 Å². The zero-order valence-electron chi connectivity index (χ0n) is 12.4. The van der Waals surface area contributed by atoms with Gasteiger partial charge in [-0.05, 0) is 57.1 Å². The molecule has 3 nitrogen and oxygen atoms in total. The average molecular weight is 272 g/mol. The third-order valence-corrected chi connectivity index (χ3v) is 4.53. The van der Waals surface area contributed by atoms with Crippen molar-refractivity contribution in [3.63, 3.8) is 0 Å². The Morgan fingerprint density at radius 2 is 2.00 bits per heavy atom. The van der Waals surface area contributed by atoms with E-state index in [4.69, 9.17) is 5.73 Å². The largest absolute Gasteiger partial charge is 0.353 e. The fraction of sp³-hybridized carbons (Fsp3) is 0.588. The second-order valence-corrected chi connectivity index (χ2v) is 6.95. The van der Waals surface area contributed by atoms with Crippen molar-refractivity contribution in [1.29, 1.82) is 0 Å². The summed E-state index contributed by atoms with van der Waals surface area (Å²) in [5.74, 6) is 0.179. The van der Waals surface area contributed by atoms with Crippen LogP contribution in [-0.4, -0.2) is 17.5 Å². The number of amides is 1. The van der Waals surface area contributed by atoms with Crippen LogP contribution in [0.1, 0.15) is 50.7 Å². The first kappa shape index (κ1) is 13.6. The van der Waals surface area contributed by atoms with Crippen LogP contribution >= 0.6 is 0 Å². The molecule has 0 spiro atoms. The molecule has 0 bridgehead atoms. The normalized spacial score (nSPS) is 21.6. The fourth-order valence-electron chi connectivity index (χ4n) is 2.89. The summed E-state index contributed by atoms with van der Waals surface area (Å²) in [6.07, 6.45) is 5.10. The molecule has 0 atom stereocenters. The number of carbonyl (C=O) groups is 1. The summed E-state index contributed by atoms with van der Waals surface area (Å²) in [7, 11) is 0. The molecule has 3 rings (SSSR count). The Balaban J connectivity index is 1.79. The number of hydrogen-bond acceptors (Lipinski definition) is 2. The van der Waals surface area contributed by atoms with Gasteiger partial charge in [0.1, 0.15) is 0 Å². The van der Waals surface area contributed by atoms with Gasteiger partial charge >= 0.3 is 0 Å². The maximum Gasteiger partial charge on any atom is 0.230 e. The zero-order valence-corrected chi connectivity index (χ0v) is 12.4. The first-order valence-electron chi connectivity index (χ1n) is 7.63. The van der Waals surface area contributed by atoms with Gasteiger partial charge in [-0.25, -0.2) is 0 Å².